The van der Waals surface area contributed by atoms with Crippen molar-refractivity contribution in [2.75, 3.05) is 11.9 Å². The predicted octanol–water partition coefficient (Wildman–Crippen LogP) is 6.24. The lowest BCUT2D eigenvalue weighted by molar-refractivity contribution is 0.559. The molecule has 0 fully saturated rings. The van der Waals surface area contributed by atoms with Crippen LogP contribution in [0.2, 0.25) is 0 Å². The van der Waals surface area contributed by atoms with Gasteiger partial charge in [-0.15, -0.1) is 0 Å². The van der Waals surface area contributed by atoms with Gasteiger partial charge < -0.3 is 5.32 Å². The third-order valence-electron chi connectivity index (χ3n) is 4.22. The minimum atomic E-state index is 0.382. The summed E-state index contributed by atoms with van der Waals surface area (Å²) in [6.07, 6.45) is 13.8. The molecule has 0 saturated carbocycles. The first kappa shape index (κ1) is 19.9. The molecule has 0 aliphatic carbocycles. The van der Waals surface area contributed by atoms with Crippen molar-refractivity contribution in [3.05, 3.63) is 17.6 Å². The summed E-state index contributed by atoms with van der Waals surface area (Å²) in [5, 5.41) is 3.45. The van der Waals surface area contributed by atoms with Crippen LogP contribution in [-0.4, -0.2) is 16.5 Å². The number of nitrogens with one attached hydrogen (secondary N) is 1. The summed E-state index contributed by atoms with van der Waals surface area (Å²) in [6.45, 7) is 9.62. The number of hydrogen-bond acceptors (Lipinski definition) is 3. The van der Waals surface area contributed by atoms with Crippen molar-refractivity contribution < 1.29 is 0 Å². The number of hydrogen-bond donors (Lipinski definition) is 1. The third-order valence-corrected chi connectivity index (χ3v) is 4.22. The highest BCUT2D eigenvalue weighted by Gasteiger charge is 2.05. The van der Waals surface area contributed by atoms with Gasteiger partial charge in [0.05, 0.1) is 0 Å². The molecule has 1 rings (SSSR count). The zero-order chi connectivity index (χ0) is 16.9. The van der Waals surface area contributed by atoms with Gasteiger partial charge in [-0.3, -0.25) is 0 Å². The Morgan fingerprint density at radius 1 is 0.870 bits per heavy atom. The standard InChI is InChI=1S/C20H37N3/c1-5-6-7-8-9-10-11-12-13-14-15-21-19-16-18(4)22-20(23-19)17(2)3/h16-17H,5-15H2,1-4H3,(H,21,22,23). The fraction of sp³-hybridized carbons (Fsp3) is 0.800. The first-order valence-corrected chi connectivity index (χ1v) is 9.73. The molecule has 0 aliphatic rings. The van der Waals surface area contributed by atoms with Crippen molar-refractivity contribution in [2.45, 2.75) is 97.8 Å². The average molecular weight is 320 g/mol. The van der Waals surface area contributed by atoms with E-state index in [4.69, 9.17) is 0 Å². The normalized spacial score (nSPS) is 11.2. The van der Waals surface area contributed by atoms with Gasteiger partial charge in [0, 0.05) is 24.2 Å². The molecular weight excluding hydrogens is 282 g/mol. The lowest BCUT2D eigenvalue weighted by Gasteiger charge is -2.10. The molecule has 0 atom stereocenters. The van der Waals surface area contributed by atoms with E-state index in [0.29, 0.717) is 5.92 Å². The summed E-state index contributed by atoms with van der Waals surface area (Å²) in [6, 6.07) is 2.04. The van der Waals surface area contributed by atoms with Crippen molar-refractivity contribution in [1.29, 1.82) is 0 Å². The van der Waals surface area contributed by atoms with Crippen LogP contribution in [0.4, 0.5) is 5.82 Å². The van der Waals surface area contributed by atoms with Gasteiger partial charge in [-0.1, -0.05) is 78.6 Å². The van der Waals surface area contributed by atoms with Gasteiger partial charge in [0.1, 0.15) is 11.6 Å². The molecule has 1 heterocycles. The second kappa shape index (κ2) is 12.3. The van der Waals surface area contributed by atoms with E-state index in [-0.39, 0.29) is 0 Å². The molecule has 1 N–H and O–H groups in total. The van der Waals surface area contributed by atoms with Crippen molar-refractivity contribution >= 4 is 5.82 Å². The molecule has 0 aromatic carbocycles. The van der Waals surface area contributed by atoms with E-state index in [1.165, 1.54) is 64.2 Å². The van der Waals surface area contributed by atoms with Gasteiger partial charge in [0.25, 0.3) is 0 Å². The molecule has 132 valence electrons. The van der Waals surface area contributed by atoms with Crippen LogP contribution >= 0.6 is 0 Å². The van der Waals surface area contributed by atoms with E-state index in [0.717, 1.165) is 23.9 Å². The van der Waals surface area contributed by atoms with E-state index < -0.39 is 0 Å². The lowest BCUT2D eigenvalue weighted by Crippen LogP contribution is -2.07. The lowest BCUT2D eigenvalue weighted by atomic mass is 10.1. The number of nitrogens with zero attached hydrogens (tertiary/aromatic N) is 2. The molecule has 1 aromatic heterocycles. The van der Waals surface area contributed by atoms with Crippen molar-refractivity contribution in [1.82, 2.24) is 9.97 Å². The molecule has 0 radical (unpaired) electrons. The Labute approximate surface area is 143 Å². The van der Waals surface area contributed by atoms with Crippen LogP contribution in [-0.2, 0) is 0 Å². The largest absolute Gasteiger partial charge is 0.370 e. The maximum atomic E-state index is 4.59. The van der Waals surface area contributed by atoms with E-state index in [9.17, 15) is 0 Å². The number of unbranched alkanes of at least 4 members (excludes halogenated alkanes) is 9. The maximum Gasteiger partial charge on any atom is 0.133 e. The van der Waals surface area contributed by atoms with Gasteiger partial charge in [-0.05, 0) is 13.3 Å². The Kier molecular flexibility index (Phi) is 10.7. The first-order valence-electron chi connectivity index (χ1n) is 9.73. The van der Waals surface area contributed by atoms with Crippen LogP contribution in [0.1, 0.15) is 102 Å². The van der Waals surface area contributed by atoms with Gasteiger partial charge in [0.15, 0.2) is 0 Å². The van der Waals surface area contributed by atoms with Crippen LogP contribution < -0.4 is 5.32 Å². The smallest absolute Gasteiger partial charge is 0.133 e. The van der Waals surface area contributed by atoms with Crippen molar-refractivity contribution in [3.8, 4) is 0 Å². The monoisotopic (exact) mass is 319 g/mol. The van der Waals surface area contributed by atoms with E-state index in [1.54, 1.807) is 0 Å². The summed E-state index contributed by atoms with van der Waals surface area (Å²) in [5.41, 5.74) is 1.05. The molecule has 1 aromatic rings. The Balaban J connectivity index is 2.05. The quantitative estimate of drug-likeness (QED) is 0.437. The van der Waals surface area contributed by atoms with E-state index >= 15 is 0 Å². The molecule has 0 spiro atoms. The van der Waals surface area contributed by atoms with E-state index in [2.05, 4.69) is 36.1 Å². The number of aromatic nitrogens is 2. The van der Waals surface area contributed by atoms with Gasteiger partial charge in [0.2, 0.25) is 0 Å². The fourth-order valence-electron chi connectivity index (χ4n) is 2.77. The van der Waals surface area contributed by atoms with Crippen LogP contribution in [0, 0.1) is 6.92 Å². The molecule has 0 amide bonds. The number of aryl methyl sites for hydroxylation is 1. The number of anilines is 1. The van der Waals surface area contributed by atoms with E-state index in [1.807, 2.05) is 13.0 Å². The number of rotatable bonds is 13. The van der Waals surface area contributed by atoms with Crippen LogP contribution in [0.25, 0.3) is 0 Å². The highest BCUT2D eigenvalue weighted by Crippen LogP contribution is 2.14. The highest BCUT2D eigenvalue weighted by molar-refractivity contribution is 5.36. The summed E-state index contributed by atoms with van der Waals surface area (Å²) in [4.78, 5) is 9.08. The zero-order valence-corrected chi connectivity index (χ0v) is 15.8. The van der Waals surface area contributed by atoms with Crippen molar-refractivity contribution in [3.63, 3.8) is 0 Å². The van der Waals surface area contributed by atoms with Gasteiger partial charge >= 0.3 is 0 Å². The van der Waals surface area contributed by atoms with Gasteiger partial charge in [-0.25, -0.2) is 9.97 Å². The average Bonchev–Trinajstić information content (AvgIpc) is 2.52. The molecule has 0 unspecified atom stereocenters. The molecule has 0 saturated heterocycles. The Hall–Kier alpha value is -1.12. The van der Waals surface area contributed by atoms with Crippen LogP contribution in [0.3, 0.4) is 0 Å². The van der Waals surface area contributed by atoms with Crippen LogP contribution in [0.15, 0.2) is 6.07 Å². The SMILES string of the molecule is CCCCCCCCCCCCNc1cc(C)nc(C(C)C)n1. The molecule has 0 bridgehead atoms. The maximum absolute atomic E-state index is 4.59. The minimum absolute atomic E-state index is 0.382. The molecular formula is C20H37N3. The summed E-state index contributed by atoms with van der Waals surface area (Å²) >= 11 is 0. The molecule has 3 nitrogen and oxygen atoms in total. The topological polar surface area (TPSA) is 37.8 Å². The van der Waals surface area contributed by atoms with Gasteiger partial charge in [-0.2, -0.15) is 0 Å². The first-order chi connectivity index (χ1) is 11.1. The Bertz CT molecular complexity index is 415. The van der Waals surface area contributed by atoms with Crippen molar-refractivity contribution in [2.24, 2.45) is 0 Å². The third kappa shape index (κ3) is 9.58. The summed E-state index contributed by atoms with van der Waals surface area (Å²) in [7, 11) is 0. The molecule has 0 aliphatic heterocycles. The zero-order valence-electron chi connectivity index (χ0n) is 15.8. The minimum Gasteiger partial charge on any atom is -0.370 e. The second-order valence-corrected chi connectivity index (χ2v) is 7.02. The highest BCUT2D eigenvalue weighted by atomic mass is 15.0. The van der Waals surface area contributed by atoms with Crippen LogP contribution in [0.5, 0.6) is 0 Å². The Morgan fingerprint density at radius 3 is 2.00 bits per heavy atom. The summed E-state index contributed by atoms with van der Waals surface area (Å²) < 4.78 is 0. The fourth-order valence-corrected chi connectivity index (χ4v) is 2.77. The molecule has 3 heteroatoms. The predicted molar refractivity (Wildman–Crippen MR) is 101 cm³/mol. The Morgan fingerprint density at radius 2 is 1.43 bits per heavy atom. The molecule has 23 heavy (non-hydrogen) atoms. The second-order valence-electron chi connectivity index (χ2n) is 7.02. The summed E-state index contributed by atoms with van der Waals surface area (Å²) in [5.74, 6) is 2.31.